The standard InChI is InChI=1S/C18H31NO/c1-5-7-14-20-17-11-9-16(10-12-17)18(19-6-2)13-8-15(3)4/h9-12,15,18-19H,5-8,13-14H2,1-4H3. The van der Waals surface area contributed by atoms with Gasteiger partial charge < -0.3 is 10.1 Å². The smallest absolute Gasteiger partial charge is 0.119 e. The molecule has 114 valence electrons. The Morgan fingerprint density at radius 3 is 2.30 bits per heavy atom. The number of nitrogens with one attached hydrogen (secondary N) is 1. The van der Waals surface area contributed by atoms with E-state index in [1.54, 1.807) is 0 Å². The quantitative estimate of drug-likeness (QED) is 0.611. The molecule has 0 aliphatic carbocycles. The lowest BCUT2D eigenvalue weighted by atomic mass is 9.97. The van der Waals surface area contributed by atoms with E-state index < -0.39 is 0 Å². The maximum Gasteiger partial charge on any atom is 0.119 e. The van der Waals surface area contributed by atoms with Crippen LogP contribution in [0.25, 0.3) is 0 Å². The highest BCUT2D eigenvalue weighted by atomic mass is 16.5. The van der Waals surface area contributed by atoms with Gasteiger partial charge in [-0.2, -0.15) is 0 Å². The largest absolute Gasteiger partial charge is 0.494 e. The van der Waals surface area contributed by atoms with Crippen LogP contribution >= 0.6 is 0 Å². The van der Waals surface area contributed by atoms with Crippen molar-refractivity contribution in [2.45, 2.75) is 59.4 Å². The van der Waals surface area contributed by atoms with Crippen LogP contribution in [0.3, 0.4) is 0 Å². The van der Waals surface area contributed by atoms with Gasteiger partial charge in [-0.3, -0.25) is 0 Å². The van der Waals surface area contributed by atoms with E-state index in [1.807, 2.05) is 0 Å². The average Bonchev–Trinajstić information content (AvgIpc) is 2.44. The van der Waals surface area contributed by atoms with Crippen LogP contribution in [-0.4, -0.2) is 13.2 Å². The summed E-state index contributed by atoms with van der Waals surface area (Å²) >= 11 is 0. The van der Waals surface area contributed by atoms with Gasteiger partial charge in [-0.1, -0.05) is 46.2 Å². The lowest BCUT2D eigenvalue weighted by molar-refractivity contribution is 0.309. The molecule has 20 heavy (non-hydrogen) atoms. The van der Waals surface area contributed by atoms with Gasteiger partial charge in [0.25, 0.3) is 0 Å². The Morgan fingerprint density at radius 2 is 1.75 bits per heavy atom. The zero-order valence-corrected chi connectivity index (χ0v) is 13.6. The number of hydrogen-bond acceptors (Lipinski definition) is 2. The molecule has 0 saturated heterocycles. The van der Waals surface area contributed by atoms with E-state index in [9.17, 15) is 0 Å². The molecule has 0 amide bonds. The Morgan fingerprint density at radius 1 is 1.05 bits per heavy atom. The van der Waals surface area contributed by atoms with E-state index >= 15 is 0 Å². The number of ether oxygens (including phenoxy) is 1. The molecule has 2 nitrogen and oxygen atoms in total. The zero-order chi connectivity index (χ0) is 14.8. The second kappa shape index (κ2) is 9.82. The predicted molar refractivity (Wildman–Crippen MR) is 87.3 cm³/mol. The van der Waals surface area contributed by atoms with Gasteiger partial charge in [0, 0.05) is 6.04 Å². The summed E-state index contributed by atoms with van der Waals surface area (Å²) in [5.41, 5.74) is 1.37. The van der Waals surface area contributed by atoms with Crippen LogP contribution in [0.4, 0.5) is 0 Å². The third-order valence-corrected chi connectivity index (χ3v) is 3.53. The van der Waals surface area contributed by atoms with Gasteiger partial charge in [0.2, 0.25) is 0 Å². The molecule has 1 rings (SSSR count). The fraction of sp³-hybridized carbons (Fsp3) is 0.667. The molecule has 0 saturated carbocycles. The number of benzene rings is 1. The normalized spacial score (nSPS) is 12.7. The molecule has 1 unspecified atom stereocenters. The Hall–Kier alpha value is -1.02. The molecular weight excluding hydrogens is 246 g/mol. The van der Waals surface area contributed by atoms with Gasteiger partial charge in [0.05, 0.1) is 6.61 Å². The number of hydrogen-bond donors (Lipinski definition) is 1. The van der Waals surface area contributed by atoms with Gasteiger partial charge in [0.1, 0.15) is 5.75 Å². The summed E-state index contributed by atoms with van der Waals surface area (Å²) in [5, 5.41) is 3.59. The summed E-state index contributed by atoms with van der Waals surface area (Å²) in [6.45, 7) is 10.8. The molecule has 1 atom stereocenters. The molecule has 0 aromatic heterocycles. The van der Waals surface area contributed by atoms with Crippen molar-refractivity contribution in [3.8, 4) is 5.75 Å². The molecule has 0 fully saturated rings. The Balaban J connectivity index is 2.57. The number of rotatable bonds is 10. The molecule has 0 heterocycles. The van der Waals surface area contributed by atoms with E-state index in [-0.39, 0.29) is 0 Å². The van der Waals surface area contributed by atoms with Crippen molar-refractivity contribution in [1.82, 2.24) is 5.32 Å². The second-order valence-corrected chi connectivity index (χ2v) is 5.85. The van der Waals surface area contributed by atoms with Crippen LogP contribution in [0.5, 0.6) is 5.75 Å². The minimum Gasteiger partial charge on any atom is -0.494 e. The SMILES string of the molecule is CCCCOc1ccc(C(CCC(C)C)NCC)cc1. The fourth-order valence-electron chi connectivity index (χ4n) is 2.26. The van der Waals surface area contributed by atoms with Crippen LogP contribution in [0.1, 0.15) is 65.0 Å². The Kier molecular flexibility index (Phi) is 8.36. The highest BCUT2D eigenvalue weighted by Gasteiger charge is 2.11. The first-order valence-corrected chi connectivity index (χ1v) is 8.13. The van der Waals surface area contributed by atoms with Crippen molar-refractivity contribution in [3.05, 3.63) is 29.8 Å². The molecule has 1 aromatic rings. The van der Waals surface area contributed by atoms with Gasteiger partial charge in [-0.05, 0) is 49.4 Å². The Bertz CT molecular complexity index is 345. The third kappa shape index (κ3) is 6.42. The predicted octanol–water partition coefficient (Wildman–Crippen LogP) is 4.95. The van der Waals surface area contributed by atoms with Crippen molar-refractivity contribution in [1.29, 1.82) is 0 Å². The first-order valence-electron chi connectivity index (χ1n) is 8.13. The van der Waals surface area contributed by atoms with E-state index in [4.69, 9.17) is 4.74 Å². The monoisotopic (exact) mass is 277 g/mol. The van der Waals surface area contributed by atoms with Crippen molar-refractivity contribution >= 4 is 0 Å². The summed E-state index contributed by atoms with van der Waals surface area (Å²) in [5.74, 6) is 1.74. The molecule has 1 aromatic carbocycles. The van der Waals surface area contributed by atoms with Gasteiger partial charge in [-0.25, -0.2) is 0 Å². The van der Waals surface area contributed by atoms with Crippen molar-refractivity contribution < 1.29 is 4.74 Å². The average molecular weight is 277 g/mol. The molecule has 1 N–H and O–H groups in total. The second-order valence-electron chi connectivity index (χ2n) is 5.85. The van der Waals surface area contributed by atoms with E-state index in [2.05, 4.69) is 57.3 Å². The highest BCUT2D eigenvalue weighted by molar-refractivity contribution is 5.29. The van der Waals surface area contributed by atoms with Crippen LogP contribution in [0, 0.1) is 5.92 Å². The molecule has 0 spiro atoms. The maximum atomic E-state index is 5.72. The summed E-state index contributed by atoms with van der Waals surface area (Å²) in [6, 6.07) is 9.08. The molecule has 2 heteroatoms. The summed E-state index contributed by atoms with van der Waals surface area (Å²) < 4.78 is 5.72. The van der Waals surface area contributed by atoms with Gasteiger partial charge in [0.15, 0.2) is 0 Å². The minimum absolute atomic E-state index is 0.465. The summed E-state index contributed by atoms with van der Waals surface area (Å²) in [7, 11) is 0. The lowest BCUT2D eigenvalue weighted by Gasteiger charge is -2.19. The van der Waals surface area contributed by atoms with E-state index in [1.165, 1.54) is 24.8 Å². The Labute approximate surface area is 124 Å². The van der Waals surface area contributed by atoms with Crippen molar-refractivity contribution in [3.63, 3.8) is 0 Å². The molecule has 0 aliphatic rings. The first kappa shape index (κ1) is 17.0. The summed E-state index contributed by atoms with van der Waals surface area (Å²) in [4.78, 5) is 0. The molecule has 0 radical (unpaired) electrons. The molecule has 0 aliphatic heterocycles. The minimum atomic E-state index is 0.465. The maximum absolute atomic E-state index is 5.72. The number of unbranched alkanes of at least 4 members (excludes halogenated alkanes) is 1. The van der Waals surface area contributed by atoms with Crippen molar-refractivity contribution in [2.75, 3.05) is 13.2 Å². The molecular formula is C18H31NO. The van der Waals surface area contributed by atoms with Crippen LogP contribution in [-0.2, 0) is 0 Å². The third-order valence-electron chi connectivity index (χ3n) is 3.53. The van der Waals surface area contributed by atoms with E-state index in [0.29, 0.717) is 6.04 Å². The first-order chi connectivity index (χ1) is 9.67. The highest BCUT2D eigenvalue weighted by Crippen LogP contribution is 2.23. The van der Waals surface area contributed by atoms with Crippen LogP contribution in [0.15, 0.2) is 24.3 Å². The van der Waals surface area contributed by atoms with Crippen LogP contribution in [0.2, 0.25) is 0 Å². The van der Waals surface area contributed by atoms with Crippen molar-refractivity contribution in [2.24, 2.45) is 5.92 Å². The zero-order valence-electron chi connectivity index (χ0n) is 13.6. The summed E-state index contributed by atoms with van der Waals surface area (Å²) in [6.07, 6.45) is 4.75. The molecule has 0 bridgehead atoms. The fourth-order valence-corrected chi connectivity index (χ4v) is 2.26. The topological polar surface area (TPSA) is 21.3 Å². The van der Waals surface area contributed by atoms with Crippen LogP contribution < -0.4 is 10.1 Å². The van der Waals surface area contributed by atoms with E-state index in [0.717, 1.165) is 31.2 Å². The lowest BCUT2D eigenvalue weighted by Crippen LogP contribution is -2.21. The van der Waals surface area contributed by atoms with Gasteiger partial charge >= 0.3 is 0 Å². The van der Waals surface area contributed by atoms with Gasteiger partial charge in [-0.15, -0.1) is 0 Å².